The molecule has 0 fully saturated rings. The number of benzene rings is 2. The van der Waals surface area contributed by atoms with E-state index < -0.39 is 5.82 Å². The molecule has 0 aliphatic heterocycles. The van der Waals surface area contributed by atoms with Crippen LogP contribution in [0.2, 0.25) is 0 Å². The minimum absolute atomic E-state index is 0.00788. The highest BCUT2D eigenvalue weighted by Gasteiger charge is 2.17. The van der Waals surface area contributed by atoms with Crippen LogP contribution in [0.25, 0.3) is 0 Å². The fourth-order valence-corrected chi connectivity index (χ4v) is 1.99. The molecule has 0 heterocycles. The van der Waals surface area contributed by atoms with E-state index in [0.717, 1.165) is 5.56 Å². The van der Waals surface area contributed by atoms with Crippen molar-refractivity contribution in [3.05, 3.63) is 65.0 Å². The van der Waals surface area contributed by atoms with Gasteiger partial charge in [0.05, 0.1) is 5.56 Å². The van der Waals surface area contributed by atoms with Crippen LogP contribution in [0.4, 0.5) is 10.1 Å². The molecule has 3 heteroatoms. The van der Waals surface area contributed by atoms with Crippen molar-refractivity contribution in [1.29, 1.82) is 0 Å². The number of rotatable bonds is 2. The van der Waals surface area contributed by atoms with Crippen molar-refractivity contribution >= 4 is 11.5 Å². The van der Waals surface area contributed by atoms with Gasteiger partial charge in [0.1, 0.15) is 5.82 Å². The van der Waals surface area contributed by atoms with Crippen LogP contribution >= 0.6 is 0 Å². The second-order valence-corrected chi connectivity index (χ2v) is 5.90. The lowest BCUT2D eigenvalue weighted by Gasteiger charge is -2.19. The summed E-state index contributed by atoms with van der Waals surface area (Å²) < 4.78 is 13.7. The first-order valence-electron chi connectivity index (χ1n) is 6.49. The van der Waals surface area contributed by atoms with Gasteiger partial charge in [-0.05, 0) is 29.2 Å². The third-order valence-electron chi connectivity index (χ3n) is 3.25. The molecule has 2 aromatic carbocycles. The summed E-state index contributed by atoms with van der Waals surface area (Å²) in [5, 5.41) is 0. The Kier molecular flexibility index (Phi) is 3.62. The van der Waals surface area contributed by atoms with E-state index >= 15 is 0 Å². The number of nitrogens with two attached hydrogens (primary N) is 1. The minimum Gasteiger partial charge on any atom is -0.399 e. The SMILES string of the molecule is CC(C)(C)c1ccc(C(=O)c2cc(N)ccc2F)cc1. The Hall–Kier alpha value is -2.16. The molecular formula is C17H18FNO. The number of carbonyl (C=O) groups excluding carboxylic acids is 1. The highest BCUT2D eigenvalue weighted by atomic mass is 19.1. The van der Waals surface area contributed by atoms with Gasteiger partial charge in [-0.25, -0.2) is 4.39 Å². The van der Waals surface area contributed by atoms with Crippen LogP contribution < -0.4 is 5.73 Å². The molecule has 20 heavy (non-hydrogen) atoms. The molecule has 0 saturated carbocycles. The molecule has 0 atom stereocenters. The molecule has 0 aromatic heterocycles. The van der Waals surface area contributed by atoms with Gasteiger partial charge in [-0.1, -0.05) is 45.0 Å². The summed E-state index contributed by atoms with van der Waals surface area (Å²) in [5.41, 5.74) is 7.59. The Morgan fingerprint density at radius 1 is 1.05 bits per heavy atom. The lowest BCUT2D eigenvalue weighted by Crippen LogP contribution is -2.11. The van der Waals surface area contributed by atoms with Gasteiger partial charge in [-0.15, -0.1) is 0 Å². The Balaban J connectivity index is 2.37. The van der Waals surface area contributed by atoms with Crippen LogP contribution in [0.3, 0.4) is 0 Å². The predicted octanol–water partition coefficient (Wildman–Crippen LogP) is 3.94. The summed E-state index contributed by atoms with van der Waals surface area (Å²) in [7, 11) is 0. The smallest absolute Gasteiger partial charge is 0.196 e. The summed E-state index contributed by atoms with van der Waals surface area (Å²) in [6.07, 6.45) is 0. The number of carbonyl (C=O) groups is 1. The zero-order chi connectivity index (χ0) is 14.9. The molecule has 2 N–H and O–H groups in total. The summed E-state index contributed by atoms with van der Waals surface area (Å²) in [6, 6.07) is 11.3. The van der Waals surface area contributed by atoms with E-state index in [2.05, 4.69) is 20.8 Å². The molecule has 104 valence electrons. The lowest BCUT2D eigenvalue weighted by atomic mass is 9.86. The second kappa shape index (κ2) is 5.08. The number of ketones is 1. The van der Waals surface area contributed by atoms with E-state index in [1.54, 1.807) is 12.1 Å². The van der Waals surface area contributed by atoms with Crippen molar-refractivity contribution in [2.75, 3.05) is 5.73 Å². The highest BCUT2D eigenvalue weighted by Crippen LogP contribution is 2.23. The number of halogens is 1. The number of hydrogen-bond donors (Lipinski definition) is 1. The molecule has 2 rings (SSSR count). The lowest BCUT2D eigenvalue weighted by molar-refractivity contribution is 0.103. The second-order valence-electron chi connectivity index (χ2n) is 5.90. The Labute approximate surface area is 118 Å². The molecular weight excluding hydrogens is 253 g/mol. The number of nitrogen functional groups attached to an aromatic ring is 1. The fraction of sp³-hybridized carbons (Fsp3) is 0.235. The number of hydrogen-bond acceptors (Lipinski definition) is 2. The Morgan fingerprint density at radius 2 is 1.65 bits per heavy atom. The van der Waals surface area contributed by atoms with Crippen LogP contribution in [-0.2, 0) is 5.41 Å². The summed E-state index contributed by atoms with van der Waals surface area (Å²) >= 11 is 0. The van der Waals surface area contributed by atoms with Crippen LogP contribution in [0, 0.1) is 5.82 Å². The maximum atomic E-state index is 13.7. The van der Waals surface area contributed by atoms with Gasteiger partial charge in [0.2, 0.25) is 0 Å². The van der Waals surface area contributed by atoms with E-state index in [1.165, 1.54) is 18.2 Å². The average Bonchev–Trinajstić information content (AvgIpc) is 2.40. The molecule has 0 aliphatic rings. The summed E-state index contributed by atoms with van der Waals surface area (Å²) in [5.74, 6) is -0.903. The molecule has 0 aliphatic carbocycles. The van der Waals surface area contributed by atoms with Crippen molar-refractivity contribution in [1.82, 2.24) is 0 Å². The van der Waals surface area contributed by atoms with Gasteiger partial charge in [-0.3, -0.25) is 4.79 Å². The standard InChI is InChI=1S/C17H18FNO/c1-17(2,3)12-6-4-11(5-7-12)16(20)14-10-13(19)8-9-15(14)18/h4-10H,19H2,1-3H3. The van der Waals surface area contributed by atoms with Gasteiger partial charge in [-0.2, -0.15) is 0 Å². The average molecular weight is 271 g/mol. The Bertz CT molecular complexity index is 639. The first-order valence-corrected chi connectivity index (χ1v) is 6.49. The zero-order valence-electron chi connectivity index (χ0n) is 11.9. The van der Waals surface area contributed by atoms with Crippen molar-refractivity contribution in [3.63, 3.8) is 0 Å². The summed E-state index contributed by atoms with van der Waals surface area (Å²) in [6.45, 7) is 6.30. The van der Waals surface area contributed by atoms with Crippen molar-refractivity contribution < 1.29 is 9.18 Å². The van der Waals surface area contributed by atoms with Gasteiger partial charge in [0.25, 0.3) is 0 Å². The zero-order valence-corrected chi connectivity index (χ0v) is 11.9. The maximum absolute atomic E-state index is 13.7. The van der Waals surface area contributed by atoms with E-state index in [4.69, 9.17) is 5.73 Å². The quantitative estimate of drug-likeness (QED) is 0.664. The maximum Gasteiger partial charge on any atom is 0.196 e. The molecule has 0 radical (unpaired) electrons. The van der Waals surface area contributed by atoms with Crippen molar-refractivity contribution in [2.45, 2.75) is 26.2 Å². The third-order valence-corrected chi connectivity index (χ3v) is 3.25. The van der Waals surface area contributed by atoms with Crippen LogP contribution in [0.15, 0.2) is 42.5 Å². The van der Waals surface area contributed by atoms with E-state index in [1.807, 2.05) is 12.1 Å². The minimum atomic E-state index is -0.552. The fourth-order valence-electron chi connectivity index (χ4n) is 1.99. The largest absolute Gasteiger partial charge is 0.399 e. The molecule has 0 unspecified atom stereocenters. The molecule has 2 nitrogen and oxygen atoms in total. The van der Waals surface area contributed by atoms with Gasteiger partial charge < -0.3 is 5.73 Å². The third kappa shape index (κ3) is 2.87. The molecule has 0 bridgehead atoms. The van der Waals surface area contributed by atoms with Crippen LogP contribution in [-0.4, -0.2) is 5.78 Å². The first-order chi connectivity index (χ1) is 9.29. The van der Waals surface area contributed by atoms with Crippen LogP contribution in [0.1, 0.15) is 42.3 Å². The molecule has 0 spiro atoms. The molecule has 0 amide bonds. The first kappa shape index (κ1) is 14.3. The van der Waals surface area contributed by atoms with E-state index in [0.29, 0.717) is 11.3 Å². The topological polar surface area (TPSA) is 43.1 Å². The normalized spacial score (nSPS) is 11.4. The van der Waals surface area contributed by atoms with E-state index in [9.17, 15) is 9.18 Å². The predicted molar refractivity (Wildman–Crippen MR) is 79.4 cm³/mol. The number of anilines is 1. The van der Waals surface area contributed by atoms with Gasteiger partial charge in [0.15, 0.2) is 5.78 Å². The Morgan fingerprint density at radius 3 is 2.20 bits per heavy atom. The van der Waals surface area contributed by atoms with Gasteiger partial charge >= 0.3 is 0 Å². The highest BCUT2D eigenvalue weighted by molar-refractivity contribution is 6.09. The van der Waals surface area contributed by atoms with Crippen molar-refractivity contribution in [3.8, 4) is 0 Å². The monoisotopic (exact) mass is 271 g/mol. The summed E-state index contributed by atoms with van der Waals surface area (Å²) in [4.78, 5) is 12.3. The van der Waals surface area contributed by atoms with E-state index in [-0.39, 0.29) is 16.8 Å². The molecule has 2 aromatic rings. The molecule has 0 saturated heterocycles. The van der Waals surface area contributed by atoms with Gasteiger partial charge in [0, 0.05) is 11.3 Å². The van der Waals surface area contributed by atoms with Crippen molar-refractivity contribution in [2.24, 2.45) is 0 Å². The van der Waals surface area contributed by atoms with Crippen LogP contribution in [0.5, 0.6) is 0 Å².